The van der Waals surface area contributed by atoms with Crippen LogP contribution in [0.3, 0.4) is 0 Å². The van der Waals surface area contributed by atoms with E-state index in [0.29, 0.717) is 11.9 Å². The van der Waals surface area contributed by atoms with Crippen LogP contribution in [0.4, 0.5) is 6.01 Å². The van der Waals surface area contributed by atoms with E-state index in [2.05, 4.69) is 34.7 Å². The highest BCUT2D eigenvalue weighted by Crippen LogP contribution is 2.37. The third kappa shape index (κ3) is 2.60. The largest absolute Gasteiger partial charge is 0.406 e. The molecule has 1 atom stereocenters. The van der Waals surface area contributed by atoms with E-state index in [-0.39, 0.29) is 11.6 Å². The van der Waals surface area contributed by atoms with E-state index < -0.39 is 0 Å². The molecule has 1 aromatic heterocycles. The van der Waals surface area contributed by atoms with Crippen molar-refractivity contribution in [2.45, 2.75) is 58.0 Å². The van der Waals surface area contributed by atoms with Gasteiger partial charge in [0.2, 0.25) is 5.89 Å². The fraction of sp³-hybridized carbons (Fsp3) is 0.833. The molecule has 1 heterocycles. The van der Waals surface area contributed by atoms with E-state index in [4.69, 9.17) is 4.42 Å². The molecule has 2 N–H and O–H groups in total. The van der Waals surface area contributed by atoms with Crippen LogP contribution in [0, 0.1) is 0 Å². The molecule has 5 heteroatoms. The number of hydrogen-bond acceptors (Lipinski definition) is 5. The van der Waals surface area contributed by atoms with Crippen LogP contribution in [-0.2, 0) is 0 Å². The summed E-state index contributed by atoms with van der Waals surface area (Å²) in [5.41, 5.74) is 0.200. The fourth-order valence-corrected chi connectivity index (χ4v) is 2.25. The molecule has 1 aliphatic carbocycles. The van der Waals surface area contributed by atoms with Crippen molar-refractivity contribution in [3.8, 4) is 0 Å². The molecule has 0 spiro atoms. The number of nitrogens with zero attached hydrogens (tertiary/aromatic N) is 2. The second-order valence-electron chi connectivity index (χ2n) is 4.84. The molecule has 1 fully saturated rings. The highest BCUT2D eigenvalue weighted by molar-refractivity contribution is 5.26. The van der Waals surface area contributed by atoms with Gasteiger partial charge in [-0.2, -0.15) is 0 Å². The van der Waals surface area contributed by atoms with Crippen molar-refractivity contribution in [1.82, 2.24) is 15.5 Å². The highest BCUT2D eigenvalue weighted by atomic mass is 16.4. The van der Waals surface area contributed by atoms with Gasteiger partial charge in [-0.15, -0.1) is 5.10 Å². The van der Waals surface area contributed by atoms with Crippen molar-refractivity contribution in [3.63, 3.8) is 0 Å². The summed E-state index contributed by atoms with van der Waals surface area (Å²) in [5.74, 6) is 0.653. The summed E-state index contributed by atoms with van der Waals surface area (Å²) < 4.78 is 5.64. The molecule has 5 nitrogen and oxygen atoms in total. The third-order valence-corrected chi connectivity index (χ3v) is 3.68. The lowest BCUT2D eigenvalue weighted by molar-refractivity contribution is 0.261. The topological polar surface area (TPSA) is 63.0 Å². The smallest absolute Gasteiger partial charge is 0.315 e. The predicted molar refractivity (Wildman–Crippen MR) is 66.9 cm³/mol. The van der Waals surface area contributed by atoms with E-state index in [1.54, 1.807) is 0 Å². The van der Waals surface area contributed by atoms with Crippen LogP contribution in [-0.4, -0.2) is 22.3 Å². The Balaban J connectivity index is 1.98. The number of aromatic nitrogens is 2. The summed E-state index contributed by atoms with van der Waals surface area (Å²) >= 11 is 0. The minimum atomic E-state index is 0.113. The first-order chi connectivity index (χ1) is 8.19. The predicted octanol–water partition coefficient (Wildman–Crippen LogP) is 2.48. The molecule has 0 aliphatic heterocycles. The summed E-state index contributed by atoms with van der Waals surface area (Å²) in [7, 11) is 0. The zero-order valence-corrected chi connectivity index (χ0v) is 10.9. The molecule has 96 valence electrons. The summed E-state index contributed by atoms with van der Waals surface area (Å²) in [6, 6.07) is 0.674. The first kappa shape index (κ1) is 12.4. The molecule has 0 bridgehead atoms. The average Bonchev–Trinajstić information content (AvgIpc) is 2.72. The molecular formula is C12H22N4O. The zero-order valence-electron chi connectivity index (χ0n) is 10.9. The average molecular weight is 238 g/mol. The molecule has 0 amide bonds. The van der Waals surface area contributed by atoms with Gasteiger partial charge in [-0.05, 0) is 39.2 Å². The van der Waals surface area contributed by atoms with Crippen LogP contribution in [0.2, 0.25) is 0 Å². The van der Waals surface area contributed by atoms with Crippen LogP contribution in [0.15, 0.2) is 4.42 Å². The molecule has 0 saturated heterocycles. The van der Waals surface area contributed by atoms with Crippen molar-refractivity contribution in [1.29, 1.82) is 0 Å². The molecule has 0 radical (unpaired) electrons. The van der Waals surface area contributed by atoms with Gasteiger partial charge in [0.05, 0.1) is 6.04 Å². The molecule has 1 aromatic rings. The van der Waals surface area contributed by atoms with Crippen LogP contribution >= 0.6 is 0 Å². The van der Waals surface area contributed by atoms with E-state index in [0.717, 1.165) is 13.0 Å². The zero-order chi connectivity index (χ0) is 12.3. The van der Waals surface area contributed by atoms with Crippen molar-refractivity contribution < 1.29 is 4.42 Å². The number of hydrogen-bond donors (Lipinski definition) is 2. The van der Waals surface area contributed by atoms with Gasteiger partial charge in [0.1, 0.15) is 0 Å². The van der Waals surface area contributed by atoms with Crippen LogP contribution < -0.4 is 10.6 Å². The highest BCUT2D eigenvalue weighted by Gasteiger charge is 2.36. The van der Waals surface area contributed by atoms with Crippen LogP contribution in [0.1, 0.15) is 58.4 Å². The Labute approximate surface area is 102 Å². The Hall–Kier alpha value is -1.10. The number of nitrogens with one attached hydrogen (secondary N) is 2. The minimum Gasteiger partial charge on any atom is -0.406 e. The first-order valence-electron chi connectivity index (χ1n) is 6.54. The molecule has 1 saturated carbocycles. The van der Waals surface area contributed by atoms with Gasteiger partial charge in [-0.25, -0.2) is 0 Å². The number of rotatable bonds is 6. The lowest BCUT2D eigenvalue weighted by Gasteiger charge is -2.41. The lowest BCUT2D eigenvalue weighted by Crippen LogP contribution is -2.44. The van der Waals surface area contributed by atoms with Crippen molar-refractivity contribution in [2.24, 2.45) is 0 Å². The summed E-state index contributed by atoms with van der Waals surface area (Å²) in [6.07, 6.45) is 4.79. The van der Waals surface area contributed by atoms with Crippen molar-refractivity contribution in [2.75, 3.05) is 11.9 Å². The fourth-order valence-electron chi connectivity index (χ4n) is 2.25. The molecule has 0 aromatic carbocycles. The van der Waals surface area contributed by atoms with E-state index >= 15 is 0 Å². The Bertz CT molecular complexity index is 354. The number of anilines is 1. The maximum atomic E-state index is 5.64. The summed E-state index contributed by atoms with van der Waals surface area (Å²) in [5, 5.41) is 14.8. The van der Waals surface area contributed by atoms with E-state index in [1.807, 2.05) is 6.92 Å². The van der Waals surface area contributed by atoms with Gasteiger partial charge < -0.3 is 15.1 Å². The van der Waals surface area contributed by atoms with Crippen molar-refractivity contribution in [3.05, 3.63) is 5.89 Å². The molecular weight excluding hydrogens is 216 g/mol. The maximum Gasteiger partial charge on any atom is 0.315 e. The Kier molecular flexibility index (Phi) is 3.66. The van der Waals surface area contributed by atoms with Crippen molar-refractivity contribution >= 4 is 6.01 Å². The van der Waals surface area contributed by atoms with Gasteiger partial charge in [-0.1, -0.05) is 18.9 Å². The molecule has 1 unspecified atom stereocenters. The lowest BCUT2D eigenvalue weighted by atomic mass is 9.75. The standard InChI is InChI=1S/C12H22N4O/c1-4-12(7-6-8-12)14-11-16-15-10(17-11)9(3)13-5-2/h9,13H,4-8H2,1-3H3,(H,14,16). The third-order valence-electron chi connectivity index (χ3n) is 3.68. The molecule has 2 rings (SSSR count). The molecule has 17 heavy (non-hydrogen) atoms. The monoisotopic (exact) mass is 238 g/mol. The van der Waals surface area contributed by atoms with Gasteiger partial charge in [0.25, 0.3) is 0 Å². The normalized spacial score (nSPS) is 19.7. The first-order valence-corrected chi connectivity index (χ1v) is 6.54. The second-order valence-corrected chi connectivity index (χ2v) is 4.84. The quantitative estimate of drug-likeness (QED) is 0.797. The van der Waals surface area contributed by atoms with Gasteiger partial charge in [0, 0.05) is 5.54 Å². The summed E-state index contributed by atoms with van der Waals surface area (Å²) in [6.45, 7) is 7.18. The molecule has 1 aliphatic rings. The summed E-state index contributed by atoms with van der Waals surface area (Å²) in [4.78, 5) is 0. The SMILES string of the molecule is CCNC(C)c1nnc(NC2(CC)CCC2)o1. The van der Waals surface area contributed by atoms with Gasteiger partial charge >= 0.3 is 6.01 Å². The Morgan fingerprint density at radius 3 is 2.65 bits per heavy atom. The van der Waals surface area contributed by atoms with E-state index in [9.17, 15) is 0 Å². The second kappa shape index (κ2) is 5.04. The Morgan fingerprint density at radius 1 is 1.35 bits per heavy atom. The van der Waals surface area contributed by atoms with E-state index in [1.165, 1.54) is 19.3 Å². The van der Waals surface area contributed by atoms with Crippen LogP contribution in [0.25, 0.3) is 0 Å². The van der Waals surface area contributed by atoms with Gasteiger partial charge in [0.15, 0.2) is 0 Å². The van der Waals surface area contributed by atoms with Gasteiger partial charge in [-0.3, -0.25) is 0 Å². The van der Waals surface area contributed by atoms with Crippen LogP contribution in [0.5, 0.6) is 0 Å². The minimum absolute atomic E-state index is 0.113. The maximum absolute atomic E-state index is 5.64. The Morgan fingerprint density at radius 2 is 2.12 bits per heavy atom.